The molecule has 0 saturated carbocycles. The summed E-state index contributed by atoms with van der Waals surface area (Å²) in [6, 6.07) is 18.5. The summed E-state index contributed by atoms with van der Waals surface area (Å²) in [4.78, 5) is 30.9. The lowest BCUT2D eigenvalue weighted by Gasteiger charge is -2.16. The van der Waals surface area contributed by atoms with E-state index in [0.29, 0.717) is 17.8 Å². The maximum Gasteiger partial charge on any atom is 0.294 e. The van der Waals surface area contributed by atoms with Gasteiger partial charge in [-0.2, -0.15) is 0 Å². The lowest BCUT2D eigenvalue weighted by Crippen LogP contribution is -2.26. The summed E-state index contributed by atoms with van der Waals surface area (Å²) in [7, 11) is 0. The molecule has 2 aromatic carbocycles. The number of carbonyl (C=O) groups is 1. The first kappa shape index (κ1) is 19.8. The largest absolute Gasteiger partial charge is 0.347 e. The van der Waals surface area contributed by atoms with Crippen molar-refractivity contribution in [2.24, 2.45) is 0 Å². The summed E-state index contributed by atoms with van der Waals surface area (Å²) in [5, 5.41) is 7.99. The van der Waals surface area contributed by atoms with Crippen LogP contribution in [-0.4, -0.2) is 15.5 Å². The fourth-order valence-corrected chi connectivity index (χ4v) is 3.92. The number of thiophene rings is 1. The summed E-state index contributed by atoms with van der Waals surface area (Å²) >= 11 is 1.61. The second-order valence-corrected chi connectivity index (χ2v) is 8.21. The number of fused-ring (bicyclic) bond motifs is 1. The van der Waals surface area contributed by atoms with E-state index >= 15 is 0 Å². The molecular weight excluding hydrogens is 396 g/mol. The minimum atomic E-state index is -0.179. The molecule has 2 N–H and O–H groups in total. The first-order valence-corrected chi connectivity index (χ1v) is 10.6. The van der Waals surface area contributed by atoms with Crippen LogP contribution in [0.15, 0.2) is 70.8 Å². The number of rotatable bonds is 6. The van der Waals surface area contributed by atoms with E-state index < -0.39 is 0 Å². The smallest absolute Gasteiger partial charge is 0.294 e. The van der Waals surface area contributed by atoms with Crippen molar-refractivity contribution in [2.75, 3.05) is 5.32 Å². The topological polar surface area (TPSA) is 76.0 Å². The third-order valence-corrected chi connectivity index (χ3v) is 5.60. The van der Waals surface area contributed by atoms with Crippen LogP contribution in [0.25, 0.3) is 11.0 Å². The van der Waals surface area contributed by atoms with Crippen molar-refractivity contribution >= 4 is 39.8 Å². The average Bonchev–Trinajstić information content (AvgIpc) is 3.26. The van der Waals surface area contributed by atoms with Gasteiger partial charge in [-0.1, -0.05) is 18.2 Å². The monoisotopic (exact) mass is 418 g/mol. The number of nitrogens with zero attached hydrogens (tertiary/aromatic N) is 2. The van der Waals surface area contributed by atoms with Crippen LogP contribution in [0, 0.1) is 0 Å². The number of benzene rings is 2. The molecule has 0 aliphatic heterocycles. The first-order valence-electron chi connectivity index (χ1n) is 9.72. The highest BCUT2D eigenvalue weighted by Gasteiger charge is 2.13. The molecule has 0 spiro atoms. The van der Waals surface area contributed by atoms with Crippen molar-refractivity contribution < 1.29 is 4.79 Å². The normalized spacial score (nSPS) is 11.0. The van der Waals surface area contributed by atoms with E-state index in [0.717, 1.165) is 15.9 Å². The van der Waals surface area contributed by atoms with Gasteiger partial charge in [0, 0.05) is 22.2 Å². The van der Waals surface area contributed by atoms with Crippen LogP contribution in [0.3, 0.4) is 0 Å². The molecule has 1 amide bonds. The highest BCUT2D eigenvalue weighted by molar-refractivity contribution is 7.09. The van der Waals surface area contributed by atoms with E-state index in [-0.39, 0.29) is 23.3 Å². The second-order valence-electron chi connectivity index (χ2n) is 7.18. The Morgan fingerprint density at radius 2 is 1.83 bits per heavy atom. The van der Waals surface area contributed by atoms with Crippen LogP contribution >= 0.6 is 11.3 Å². The Morgan fingerprint density at radius 1 is 1.07 bits per heavy atom. The van der Waals surface area contributed by atoms with Crippen LogP contribution in [0.1, 0.15) is 35.1 Å². The number of amides is 1. The number of anilines is 2. The van der Waals surface area contributed by atoms with Gasteiger partial charge < -0.3 is 15.2 Å². The van der Waals surface area contributed by atoms with Crippen LogP contribution in [-0.2, 0) is 6.54 Å². The van der Waals surface area contributed by atoms with Crippen LogP contribution in [0.2, 0.25) is 0 Å². The first-order chi connectivity index (χ1) is 14.5. The molecule has 2 heterocycles. The number of carbonyl (C=O) groups excluding carboxylic acids is 1. The molecule has 0 unspecified atom stereocenters. The zero-order chi connectivity index (χ0) is 21.1. The molecular formula is C23H22N4O2S. The van der Waals surface area contributed by atoms with E-state index in [9.17, 15) is 9.59 Å². The molecule has 2 aromatic heterocycles. The molecule has 0 fully saturated rings. The Hall–Kier alpha value is -3.45. The van der Waals surface area contributed by atoms with Gasteiger partial charge in [0.15, 0.2) is 5.82 Å². The number of aromatic nitrogens is 2. The predicted molar refractivity (Wildman–Crippen MR) is 122 cm³/mol. The maximum absolute atomic E-state index is 13.0. The van der Waals surface area contributed by atoms with Gasteiger partial charge in [0.1, 0.15) is 0 Å². The number of para-hydroxylation sites is 2. The van der Waals surface area contributed by atoms with Crippen LogP contribution < -0.4 is 16.2 Å². The van der Waals surface area contributed by atoms with Crippen molar-refractivity contribution in [3.05, 3.63) is 86.8 Å². The molecule has 4 rings (SSSR count). The van der Waals surface area contributed by atoms with E-state index in [1.165, 1.54) is 0 Å². The number of nitrogens with one attached hydrogen (secondary N) is 2. The van der Waals surface area contributed by atoms with Gasteiger partial charge in [0.25, 0.3) is 11.5 Å². The molecule has 7 heteroatoms. The fraction of sp³-hybridized carbons (Fsp3) is 0.174. The number of hydrogen-bond donors (Lipinski definition) is 2. The fourth-order valence-electron chi connectivity index (χ4n) is 3.27. The summed E-state index contributed by atoms with van der Waals surface area (Å²) in [6.07, 6.45) is 0. The summed E-state index contributed by atoms with van der Waals surface area (Å²) in [5.74, 6) is 0.123. The Balaban J connectivity index is 1.55. The zero-order valence-corrected chi connectivity index (χ0v) is 17.6. The van der Waals surface area contributed by atoms with E-state index in [4.69, 9.17) is 0 Å². The summed E-state index contributed by atoms with van der Waals surface area (Å²) < 4.78 is 1.73. The van der Waals surface area contributed by atoms with Crippen LogP contribution in [0.4, 0.5) is 11.5 Å². The van der Waals surface area contributed by atoms with Gasteiger partial charge in [0.05, 0.1) is 17.6 Å². The predicted octanol–water partition coefficient (Wildman–Crippen LogP) is 4.71. The van der Waals surface area contributed by atoms with Crippen molar-refractivity contribution in [3.8, 4) is 0 Å². The lowest BCUT2D eigenvalue weighted by atomic mass is 10.2. The van der Waals surface area contributed by atoms with Gasteiger partial charge in [0.2, 0.25) is 0 Å². The quantitative estimate of drug-likeness (QED) is 0.475. The van der Waals surface area contributed by atoms with Crippen molar-refractivity contribution in [1.82, 2.24) is 14.9 Å². The molecule has 0 bridgehead atoms. The summed E-state index contributed by atoms with van der Waals surface area (Å²) in [6.45, 7) is 4.45. The van der Waals surface area contributed by atoms with Gasteiger partial charge in [-0.25, -0.2) is 4.98 Å². The highest BCUT2D eigenvalue weighted by Crippen LogP contribution is 2.19. The van der Waals surface area contributed by atoms with Gasteiger partial charge >= 0.3 is 0 Å². The van der Waals surface area contributed by atoms with Crippen molar-refractivity contribution in [1.29, 1.82) is 0 Å². The Labute approximate surface area is 178 Å². The van der Waals surface area contributed by atoms with Crippen molar-refractivity contribution in [2.45, 2.75) is 26.4 Å². The Morgan fingerprint density at radius 3 is 2.53 bits per heavy atom. The number of hydrogen-bond acceptors (Lipinski definition) is 5. The third kappa shape index (κ3) is 4.11. The second kappa shape index (κ2) is 8.51. The molecule has 0 radical (unpaired) electrons. The molecule has 0 aliphatic rings. The van der Waals surface area contributed by atoms with E-state index in [1.54, 1.807) is 40.2 Å². The molecule has 152 valence electrons. The Kier molecular flexibility index (Phi) is 5.63. The molecule has 4 aromatic rings. The average molecular weight is 419 g/mol. The molecule has 30 heavy (non-hydrogen) atoms. The van der Waals surface area contributed by atoms with Gasteiger partial charge in [-0.05, 0) is 61.7 Å². The zero-order valence-electron chi connectivity index (χ0n) is 16.8. The standard InChI is InChI=1S/C23H22N4O2S/c1-15(2)27-20-8-4-3-7-19(20)26-21(23(27)29)25-17-11-9-16(10-12-17)22(28)24-14-18-6-5-13-30-18/h3-13,15H,14H2,1-2H3,(H,24,28)(H,25,26). The van der Waals surface area contributed by atoms with Gasteiger partial charge in [-0.15, -0.1) is 11.3 Å². The third-order valence-electron chi connectivity index (χ3n) is 4.72. The van der Waals surface area contributed by atoms with Gasteiger partial charge in [-0.3, -0.25) is 9.59 Å². The lowest BCUT2D eigenvalue weighted by molar-refractivity contribution is 0.0951. The summed E-state index contributed by atoms with van der Waals surface area (Å²) in [5.41, 5.74) is 2.63. The SMILES string of the molecule is CC(C)n1c(=O)c(Nc2ccc(C(=O)NCc3cccs3)cc2)nc2ccccc21. The molecule has 0 saturated heterocycles. The Bertz CT molecular complexity index is 1230. The highest BCUT2D eigenvalue weighted by atomic mass is 32.1. The maximum atomic E-state index is 13.0. The molecule has 0 aliphatic carbocycles. The molecule has 6 nitrogen and oxygen atoms in total. The van der Waals surface area contributed by atoms with E-state index in [1.807, 2.05) is 55.6 Å². The molecule has 0 atom stereocenters. The van der Waals surface area contributed by atoms with E-state index in [2.05, 4.69) is 15.6 Å². The minimum absolute atomic E-state index is 0.000340. The van der Waals surface area contributed by atoms with Crippen molar-refractivity contribution in [3.63, 3.8) is 0 Å². The minimum Gasteiger partial charge on any atom is -0.347 e. The van der Waals surface area contributed by atoms with Crippen LogP contribution in [0.5, 0.6) is 0 Å².